The summed E-state index contributed by atoms with van der Waals surface area (Å²) in [5, 5.41) is 9.95. The van der Waals surface area contributed by atoms with E-state index in [2.05, 4.69) is 63.8 Å². The van der Waals surface area contributed by atoms with Crippen LogP contribution in [0.3, 0.4) is 0 Å². The van der Waals surface area contributed by atoms with Crippen molar-refractivity contribution in [2.45, 2.75) is 58.1 Å². The van der Waals surface area contributed by atoms with E-state index in [1.165, 1.54) is 11.3 Å². The van der Waals surface area contributed by atoms with Crippen molar-refractivity contribution in [3.63, 3.8) is 0 Å². The molecule has 0 spiro atoms. The molecule has 1 atom stereocenters. The van der Waals surface area contributed by atoms with Crippen LogP contribution in [0.1, 0.15) is 46.6 Å². The fourth-order valence-electron chi connectivity index (χ4n) is 2.98. The quantitative estimate of drug-likeness (QED) is 0.823. The lowest BCUT2D eigenvalue weighted by Gasteiger charge is -2.37. The molecular weight excluding hydrogens is 222 g/mol. The highest BCUT2D eigenvalue weighted by Crippen LogP contribution is 2.39. The lowest BCUT2D eigenvalue weighted by atomic mass is 9.85. The Morgan fingerprint density at radius 2 is 1.83 bits per heavy atom. The van der Waals surface area contributed by atoms with Gasteiger partial charge in [0.1, 0.15) is 0 Å². The second-order valence-electron chi connectivity index (χ2n) is 7.05. The number of anilines is 1. The molecule has 1 aliphatic heterocycles. The van der Waals surface area contributed by atoms with Crippen LogP contribution in [0.5, 0.6) is 0 Å². The van der Waals surface area contributed by atoms with Crippen LogP contribution in [0.4, 0.5) is 5.69 Å². The summed E-state index contributed by atoms with van der Waals surface area (Å²) in [7, 11) is 0. The van der Waals surface area contributed by atoms with E-state index >= 15 is 0 Å². The Bertz CT molecular complexity index is 431. The fourth-order valence-corrected chi connectivity index (χ4v) is 2.98. The van der Waals surface area contributed by atoms with Gasteiger partial charge in [-0.3, -0.25) is 0 Å². The maximum absolute atomic E-state index is 9.95. The number of hydrogen-bond acceptors (Lipinski definition) is 2. The Morgan fingerprint density at radius 1 is 1.22 bits per heavy atom. The molecule has 100 valence electrons. The van der Waals surface area contributed by atoms with Crippen LogP contribution in [-0.2, 0) is 5.41 Å². The summed E-state index contributed by atoms with van der Waals surface area (Å²) in [5.41, 5.74) is 2.78. The zero-order chi connectivity index (χ0) is 13.6. The Balaban J connectivity index is 2.46. The predicted octanol–water partition coefficient (Wildman–Crippen LogP) is 3.33. The average molecular weight is 247 g/mol. The fraction of sp³-hybridized carbons (Fsp3) is 0.625. The molecule has 1 N–H and O–H groups in total. The number of aliphatic hydroxyl groups is 1. The van der Waals surface area contributed by atoms with Gasteiger partial charge in [-0.2, -0.15) is 0 Å². The van der Waals surface area contributed by atoms with Gasteiger partial charge in [0.15, 0.2) is 0 Å². The standard InChI is InChI=1S/C16H25NO/c1-15(2,3)13-8-6-7-9-14(13)17-11-12(18)10-16(17,4)5/h6-9,12,18H,10-11H2,1-5H3. The molecule has 2 heteroatoms. The first-order valence-corrected chi connectivity index (χ1v) is 6.77. The molecular formula is C16H25NO. The molecule has 18 heavy (non-hydrogen) atoms. The summed E-state index contributed by atoms with van der Waals surface area (Å²) < 4.78 is 0. The molecule has 0 amide bonds. The van der Waals surface area contributed by atoms with E-state index in [0.717, 1.165) is 13.0 Å². The average Bonchev–Trinajstić information content (AvgIpc) is 2.50. The third kappa shape index (κ3) is 2.39. The highest BCUT2D eigenvalue weighted by molar-refractivity contribution is 5.59. The van der Waals surface area contributed by atoms with Crippen LogP contribution in [0.2, 0.25) is 0 Å². The molecule has 0 aromatic heterocycles. The predicted molar refractivity (Wildman–Crippen MR) is 77.2 cm³/mol. The minimum atomic E-state index is -0.215. The van der Waals surface area contributed by atoms with Crippen LogP contribution >= 0.6 is 0 Å². The van der Waals surface area contributed by atoms with Gasteiger partial charge in [0.05, 0.1) is 6.10 Å². The lowest BCUT2D eigenvalue weighted by Crippen LogP contribution is -2.39. The number of hydrogen-bond donors (Lipinski definition) is 1. The molecule has 1 fully saturated rings. The van der Waals surface area contributed by atoms with Crippen molar-refractivity contribution in [1.82, 2.24) is 0 Å². The summed E-state index contributed by atoms with van der Waals surface area (Å²) in [6, 6.07) is 8.57. The van der Waals surface area contributed by atoms with Gasteiger partial charge in [-0.15, -0.1) is 0 Å². The molecule has 0 radical (unpaired) electrons. The molecule has 0 saturated carbocycles. The zero-order valence-electron chi connectivity index (χ0n) is 12.2. The van der Waals surface area contributed by atoms with E-state index in [9.17, 15) is 5.11 Å². The lowest BCUT2D eigenvalue weighted by molar-refractivity contribution is 0.188. The molecule has 0 bridgehead atoms. The molecule has 1 saturated heterocycles. The maximum atomic E-state index is 9.95. The Morgan fingerprint density at radius 3 is 2.33 bits per heavy atom. The number of rotatable bonds is 1. The second kappa shape index (κ2) is 4.27. The van der Waals surface area contributed by atoms with Crippen LogP contribution in [0.15, 0.2) is 24.3 Å². The number of β-amino-alcohol motifs (C(OH)–C–C–N with tert-alkyl or cyclic N) is 1. The van der Waals surface area contributed by atoms with Crippen molar-refractivity contribution in [1.29, 1.82) is 0 Å². The van der Waals surface area contributed by atoms with Gasteiger partial charge in [-0.1, -0.05) is 39.0 Å². The topological polar surface area (TPSA) is 23.5 Å². The molecule has 1 heterocycles. The Kier molecular flexibility index (Phi) is 3.18. The summed E-state index contributed by atoms with van der Waals surface area (Å²) in [6.07, 6.45) is 0.624. The zero-order valence-corrected chi connectivity index (χ0v) is 12.2. The summed E-state index contributed by atoms with van der Waals surface area (Å²) in [4.78, 5) is 2.36. The third-order valence-electron chi connectivity index (χ3n) is 3.86. The van der Waals surface area contributed by atoms with Gasteiger partial charge in [0.25, 0.3) is 0 Å². The number of para-hydroxylation sites is 1. The van der Waals surface area contributed by atoms with Gasteiger partial charge >= 0.3 is 0 Å². The van der Waals surface area contributed by atoms with Crippen molar-refractivity contribution in [3.05, 3.63) is 29.8 Å². The van der Waals surface area contributed by atoms with Gasteiger partial charge in [0.2, 0.25) is 0 Å². The largest absolute Gasteiger partial charge is 0.391 e. The Labute approximate surface area is 111 Å². The molecule has 0 aliphatic carbocycles. The van der Waals surface area contributed by atoms with E-state index in [1.807, 2.05) is 0 Å². The van der Waals surface area contributed by atoms with Crippen molar-refractivity contribution in [2.75, 3.05) is 11.4 Å². The number of nitrogens with zero attached hydrogens (tertiary/aromatic N) is 1. The van der Waals surface area contributed by atoms with Gasteiger partial charge in [0, 0.05) is 17.8 Å². The molecule has 1 aromatic rings. The SMILES string of the molecule is CC(C)(C)c1ccccc1N1CC(O)CC1(C)C. The molecule has 1 aromatic carbocycles. The first-order chi connectivity index (χ1) is 8.22. The smallest absolute Gasteiger partial charge is 0.0737 e. The number of benzene rings is 1. The highest BCUT2D eigenvalue weighted by Gasteiger charge is 2.39. The van der Waals surface area contributed by atoms with Gasteiger partial charge < -0.3 is 10.0 Å². The van der Waals surface area contributed by atoms with E-state index in [4.69, 9.17) is 0 Å². The van der Waals surface area contributed by atoms with Crippen molar-refractivity contribution in [3.8, 4) is 0 Å². The van der Waals surface area contributed by atoms with Crippen molar-refractivity contribution < 1.29 is 5.11 Å². The molecule has 2 nitrogen and oxygen atoms in total. The van der Waals surface area contributed by atoms with Crippen molar-refractivity contribution >= 4 is 5.69 Å². The van der Waals surface area contributed by atoms with E-state index in [-0.39, 0.29) is 17.1 Å². The highest BCUT2D eigenvalue weighted by atomic mass is 16.3. The van der Waals surface area contributed by atoms with Crippen LogP contribution < -0.4 is 4.90 Å². The van der Waals surface area contributed by atoms with E-state index in [0.29, 0.717) is 0 Å². The van der Waals surface area contributed by atoms with Crippen LogP contribution in [0, 0.1) is 0 Å². The summed E-state index contributed by atoms with van der Waals surface area (Å²) in [5.74, 6) is 0. The number of aliphatic hydroxyl groups excluding tert-OH is 1. The molecule has 1 aliphatic rings. The van der Waals surface area contributed by atoms with Gasteiger partial charge in [-0.05, 0) is 37.3 Å². The van der Waals surface area contributed by atoms with E-state index < -0.39 is 0 Å². The summed E-state index contributed by atoms with van der Waals surface area (Å²) >= 11 is 0. The minimum Gasteiger partial charge on any atom is -0.391 e. The maximum Gasteiger partial charge on any atom is 0.0737 e. The molecule has 2 rings (SSSR count). The Hall–Kier alpha value is -1.02. The third-order valence-corrected chi connectivity index (χ3v) is 3.86. The normalized spacial score (nSPS) is 23.4. The first-order valence-electron chi connectivity index (χ1n) is 6.77. The molecule has 1 unspecified atom stereocenters. The van der Waals surface area contributed by atoms with Crippen molar-refractivity contribution in [2.24, 2.45) is 0 Å². The van der Waals surface area contributed by atoms with E-state index in [1.54, 1.807) is 0 Å². The van der Waals surface area contributed by atoms with Crippen LogP contribution in [0.25, 0.3) is 0 Å². The summed E-state index contributed by atoms with van der Waals surface area (Å²) in [6.45, 7) is 11.9. The second-order valence-corrected chi connectivity index (χ2v) is 7.05. The monoisotopic (exact) mass is 247 g/mol. The minimum absolute atomic E-state index is 0.0285. The first kappa shape index (κ1) is 13.4. The van der Waals surface area contributed by atoms with Crippen LogP contribution in [-0.4, -0.2) is 23.3 Å². The van der Waals surface area contributed by atoms with Gasteiger partial charge in [-0.25, -0.2) is 0 Å².